The summed E-state index contributed by atoms with van der Waals surface area (Å²) < 4.78 is 35.1. The van der Waals surface area contributed by atoms with Crippen LogP contribution in [0.2, 0.25) is 19.6 Å². The molecule has 0 heterocycles. The smallest absolute Gasteiger partial charge is 0.340 e. The van der Waals surface area contributed by atoms with Crippen LogP contribution in [-0.2, 0) is 11.3 Å². The van der Waals surface area contributed by atoms with E-state index in [4.69, 9.17) is 4.74 Å². The van der Waals surface area contributed by atoms with Crippen molar-refractivity contribution in [3.63, 3.8) is 0 Å². The first kappa shape index (κ1) is 25.7. The molecule has 0 bridgehead atoms. The highest BCUT2D eigenvalue weighted by Gasteiger charge is 2.24. The molecule has 0 saturated heterocycles. The third-order valence-electron chi connectivity index (χ3n) is 5.07. The fourth-order valence-corrected chi connectivity index (χ4v) is 3.90. The monoisotopic (exact) mass is 493 g/mol. The number of nitrogens with one attached hydrogen (secondary N) is 1. The van der Waals surface area contributed by atoms with Gasteiger partial charge in [0.1, 0.15) is 19.5 Å². The molecule has 3 aromatic rings. The minimum Gasteiger partial charge on any atom is -0.478 e. The maximum absolute atomic E-state index is 15.5. The number of hydrogen-bond acceptors (Lipinski definition) is 4. The second-order valence-corrected chi connectivity index (χ2v) is 13.6. The Hall–Kier alpha value is -3.96. The van der Waals surface area contributed by atoms with Crippen LogP contribution >= 0.6 is 0 Å². The van der Waals surface area contributed by atoms with E-state index in [1.165, 1.54) is 7.11 Å². The molecule has 8 heteroatoms. The van der Waals surface area contributed by atoms with E-state index >= 15 is 4.39 Å². The lowest BCUT2D eigenvalue weighted by Crippen LogP contribution is -2.16. The van der Waals surface area contributed by atoms with Gasteiger partial charge in [0.05, 0.1) is 18.4 Å². The summed E-state index contributed by atoms with van der Waals surface area (Å²) in [5, 5.41) is 12.2. The molecule has 0 atom stereocenters. The molecular weight excluding hydrogens is 468 g/mol. The van der Waals surface area contributed by atoms with E-state index in [1.807, 2.05) is 0 Å². The molecule has 0 amide bonds. The minimum atomic E-state index is -1.65. The standard InChI is InChI=1S/C27H25F2NO4Si/c1-34-27(33)21-14-17(12-13-35(2,3)4)10-11-19(21)16-30-25-23(26(31)32)22(28)15-20(24(25)29)18-8-6-5-7-9-18/h5-11,14-15,30H,16H2,1-4H3,(H,31,32). The van der Waals surface area contributed by atoms with Crippen molar-refractivity contribution in [2.75, 3.05) is 12.4 Å². The van der Waals surface area contributed by atoms with Crippen molar-refractivity contribution in [2.24, 2.45) is 0 Å². The van der Waals surface area contributed by atoms with Gasteiger partial charge >= 0.3 is 11.9 Å². The zero-order valence-electron chi connectivity index (χ0n) is 19.8. The number of ether oxygens (including phenoxy) is 1. The summed E-state index contributed by atoms with van der Waals surface area (Å²) in [6.07, 6.45) is 0. The molecule has 3 aromatic carbocycles. The van der Waals surface area contributed by atoms with Crippen LogP contribution in [0.3, 0.4) is 0 Å². The van der Waals surface area contributed by atoms with Gasteiger partial charge in [-0.1, -0.05) is 62.0 Å². The Morgan fingerprint density at radius 1 is 1.06 bits per heavy atom. The molecule has 0 fully saturated rings. The van der Waals surface area contributed by atoms with Crippen molar-refractivity contribution >= 4 is 25.7 Å². The number of methoxy groups -OCH3 is 1. The van der Waals surface area contributed by atoms with E-state index in [2.05, 4.69) is 36.4 Å². The van der Waals surface area contributed by atoms with Gasteiger partial charge in [-0.25, -0.2) is 18.4 Å². The van der Waals surface area contributed by atoms with Gasteiger partial charge in [-0.3, -0.25) is 0 Å². The second kappa shape index (κ2) is 10.5. The quantitative estimate of drug-likeness (QED) is 0.252. The molecule has 0 aliphatic heterocycles. The molecule has 0 aliphatic carbocycles. The van der Waals surface area contributed by atoms with Crippen molar-refractivity contribution in [3.05, 3.63) is 88.5 Å². The lowest BCUT2D eigenvalue weighted by Gasteiger charge is -2.16. The fourth-order valence-electron chi connectivity index (χ4n) is 3.38. The van der Waals surface area contributed by atoms with Crippen LogP contribution in [0.4, 0.5) is 14.5 Å². The number of esters is 1. The summed E-state index contributed by atoms with van der Waals surface area (Å²) in [5.41, 5.74) is 3.43. The Morgan fingerprint density at radius 2 is 1.74 bits per heavy atom. The van der Waals surface area contributed by atoms with Crippen molar-refractivity contribution in [1.29, 1.82) is 0 Å². The molecule has 35 heavy (non-hydrogen) atoms. The van der Waals surface area contributed by atoms with Crippen LogP contribution < -0.4 is 5.32 Å². The van der Waals surface area contributed by atoms with Crippen LogP contribution in [0, 0.1) is 23.1 Å². The Bertz CT molecular complexity index is 1340. The van der Waals surface area contributed by atoms with E-state index in [0.29, 0.717) is 16.7 Å². The average Bonchev–Trinajstić information content (AvgIpc) is 2.82. The number of carboxylic acid groups (broad SMARTS) is 1. The van der Waals surface area contributed by atoms with Crippen LogP contribution in [0.15, 0.2) is 54.6 Å². The number of halogens is 2. The first-order valence-electron chi connectivity index (χ1n) is 10.8. The maximum Gasteiger partial charge on any atom is 0.340 e. The van der Waals surface area contributed by atoms with Crippen molar-refractivity contribution in [2.45, 2.75) is 26.2 Å². The lowest BCUT2D eigenvalue weighted by molar-refractivity contribution is 0.0598. The fraction of sp³-hybridized carbons (Fsp3) is 0.185. The number of anilines is 1. The summed E-state index contributed by atoms with van der Waals surface area (Å²) in [7, 11) is -0.413. The van der Waals surface area contributed by atoms with E-state index < -0.39 is 42.9 Å². The zero-order chi connectivity index (χ0) is 25.8. The van der Waals surface area contributed by atoms with E-state index in [-0.39, 0.29) is 17.7 Å². The highest BCUT2D eigenvalue weighted by atomic mass is 28.3. The summed E-state index contributed by atoms with van der Waals surface area (Å²) >= 11 is 0. The molecule has 2 N–H and O–H groups in total. The highest BCUT2D eigenvalue weighted by molar-refractivity contribution is 6.83. The van der Waals surface area contributed by atoms with Gasteiger partial charge in [0, 0.05) is 17.7 Å². The molecular formula is C27H25F2NO4Si. The molecule has 0 radical (unpaired) electrons. The lowest BCUT2D eigenvalue weighted by atomic mass is 9.99. The minimum absolute atomic E-state index is 0.0826. The van der Waals surface area contributed by atoms with Gasteiger partial charge in [0.25, 0.3) is 0 Å². The number of benzene rings is 3. The third kappa shape index (κ3) is 6.13. The van der Waals surface area contributed by atoms with E-state index in [1.54, 1.807) is 48.5 Å². The predicted octanol–water partition coefficient (Wildman–Crippen LogP) is 5.96. The van der Waals surface area contributed by atoms with Crippen LogP contribution in [0.5, 0.6) is 0 Å². The number of carbonyl (C=O) groups excluding carboxylic acids is 1. The number of hydrogen-bond donors (Lipinski definition) is 2. The molecule has 5 nitrogen and oxygen atoms in total. The molecule has 0 unspecified atom stereocenters. The summed E-state index contributed by atoms with van der Waals surface area (Å²) in [5.74, 6) is -1.16. The second-order valence-electron chi connectivity index (χ2n) is 8.86. The van der Waals surface area contributed by atoms with Crippen LogP contribution in [0.1, 0.15) is 31.8 Å². The zero-order valence-corrected chi connectivity index (χ0v) is 20.8. The maximum atomic E-state index is 15.5. The molecule has 0 aromatic heterocycles. The van der Waals surface area contributed by atoms with E-state index in [9.17, 15) is 19.1 Å². The molecule has 0 spiro atoms. The van der Waals surface area contributed by atoms with Crippen molar-refractivity contribution in [1.82, 2.24) is 0 Å². The summed E-state index contributed by atoms with van der Waals surface area (Å²) in [4.78, 5) is 24.2. The SMILES string of the molecule is COC(=O)c1cc(C#C[Si](C)(C)C)ccc1CNc1c(F)c(-c2ccccc2)cc(F)c1C(=O)O. The number of rotatable bonds is 6. The highest BCUT2D eigenvalue weighted by Crippen LogP contribution is 2.33. The molecule has 0 aliphatic rings. The van der Waals surface area contributed by atoms with Gasteiger partial charge in [0.15, 0.2) is 5.82 Å². The summed E-state index contributed by atoms with van der Waals surface area (Å²) in [6, 6.07) is 14.0. The molecule has 0 saturated carbocycles. The normalized spacial score (nSPS) is 10.8. The average molecular weight is 494 g/mol. The summed E-state index contributed by atoms with van der Waals surface area (Å²) in [6.45, 7) is 6.13. The predicted molar refractivity (Wildman–Crippen MR) is 134 cm³/mol. The van der Waals surface area contributed by atoms with Gasteiger partial charge in [-0.2, -0.15) is 0 Å². The van der Waals surface area contributed by atoms with Crippen LogP contribution in [0.25, 0.3) is 11.1 Å². The Kier molecular flexibility index (Phi) is 7.72. The Morgan fingerprint density at radius 3 is 2.34 bits per heavy atom. The Balaban J connectivity index is 2.05. The topological polar surface area (TPSA) is 75.6 Å². The largest absolute Gasteiger partial charge is 0.478 e. The van der Waals surface area contributed by atoms with Gasteiger partial charge < -0.3 is 15.2 Å². The number of aromatic carboxylic acids is 1. The number of carboxylic acids is 1. The third-order valence-corrected chi connectivity index (χ3v) is 5.94. The van der Waals surface area contributed by atoms with E-state index in [0.717, 1.165) is 6.07 Å². The Labute approximate surface area is 203 Å². The first-order chi connectivity index (χ1) is 16.5. The van der Waals surface area contributed by atoms with Gasteiger partial charge in [-0.15, -0.1) is 5.54 Å². The first-order valence-corrected chi connectivity index (χ1v) is 14.3. The molecule has 180 valence electrons. The van der Waals surface area contributed by atoms with Gasteiger partial charge in [0.2, 0.25) is 0 Å². The van der Waals surface area contributed by atoms with Crippen molar-refractivity contribution in [3.8, 4) is 22.6 Å². The molecule has 3 rings (SSSR count). The van der Waals surface area contributed by atoms with Crippen molar-refractivity contribution < 1.29 is 28.2 Å². The van der Waals surface area contributed by atoms with Crippen LogP contribution in [-0.4, -0.2) is 32.2 Å². The van der Waals surface area contributed by atoms with Gasteiger partial charge in [-0.05, 0) is 29.3 Å². The number of carbonyl (C=O) groups is 2.